The molecule has 0 radical (unpaired) electrons. The van der Waals surface area contributed by atoms with Crippen LogP contribution >= 0.6 is 11.6 Å². The average molecular weight is 219 g/mol. The van der Waals surface area contributed by atoms with Crippen molar-refractivity contribution in [2.24, 2.45) is 5.92 Å². The molecule has 0 bridgehead atoms. The van der Waals surface area contributed by atoms with E-state index >= 15 is 0 Å². The van der Waals surface area contributed by atoms with Crippen LogP contribution in [-0.2, 0) is 4.74 Å². The van der Waals surface area contributed by atoms with Crippen molar-refractivity contribution >= 4 is 11.6 Å². The van der Waals surface area contributed by atoms with Gasteiger partial charge in [-0.1, -0.05) is 6.92 Å². The molecule has 0 saturated heterocycles. The van der Waals surface area contributed by atoms with Gasteiger partial charge < -0.3 is 4.74 Å². The summed E-state index contributed by atoms with van der Waals surface area (Å²) in [7, 11) is 0. The summed E-state index contributed by atoms with van der Waals surface area (Å²) in [5.41, 5.74) is 0. The van der Waals surface area contributed by atoms with E-state index in [0.29, 0.717) is 18.2 Å². The molecule has 0 heterocycles. The molecular weight excluding hydrogens is 205 g/mol. The zero-order chi connectivity index (χ0) is 10.3. The van der Waals surface area contributed by atoms with Crippen LogP contribution in [0.2, 0.25) is 0 Å². The summed E-state index contributed by atoms with van der Waals surface area (Å²) in [4.78, 5) is 0. The zero-order valence-corrected chi connectivity index (χ0v) is 8.29. The first-order chi connectivity index (χ1) is 5.95. The summed E-state index contributed by atoms with van der Waals surface area (Å²) in [5, 5.41) is 0. The molecule has 80 valence electrons. The fourth-order valence-electron chi connectivity index (χ4n) is 0.799. The summed E-state index contributed by atoms with van der Waals surface area (Å²) in [6.45, 7) is 0.958. The Morgan fingerprint density at radius 3 is 2.46 bits per heavy atom. The van der Waals surface area contributed by atoms with E-state index in [1.54, 1.807) is 0 Å². The Balaban J connectivity index is 3.18. The van der Waals surface area contributed by atoms with Crippen LogP contribution in [0.25, 0.3) is 0 Å². The van der Waals surface area contributed by atoms with Crippen molar-refractivity contribution in [1.29, 1.82) is 0 Å². The molecule has 0 aromatic heterocycles. The molecule has 5 heteroatoms. The van der Waals surface area contributed by atoms with Gasteiger partial charge in [-0.05, 0) is 18.8 Å². The second-order valence-electron chi connectivity index (χ2n) is 3.07. The smallest absolute Gasteiger partial charge is 0.372 e. The first-order valence-corrected chi connectivity index (χ1v) is 4.69. The van der Waals surface area contributed by atoms with Crippen LogP contribution in [0.15, 0.2) is 0 Å². The van der Waals surface area contributed by atoms with Gasteiger partial charge in [-0.3, -0.25) is 0 Å². The highest BCUT2D eigenvalue weighted by Crippen LogP contribution is 2.15. The molecule has 0 N–H and O–H groups in total. The van der Waals surface area contributed by atoms with E-state index in [2.05, 4.69) is 4.74 Å². The number of rotatable bonds is 6. The maximum atomic E-state index is 11.6. The highest BCUT2D eigenvalue weighted by Gasteiger charge is 2.27. The van der Waals surface area contributed by atoms with Gasteiger partial charge in [0.15, 0.2) is 0 Å². The molecule has 1 atom stereocenters. The standard InChI is InChI=1S/C8H14ClF3O/c1-7(5-9)3-2-4-13-6-8(10,11)12/h7H,2-6H2,1H3. The van der Waals surface area contributed by atoms with E-state index < -0.39 is 12.8 Å². The third-order valence-electron chi connectivity index (χ3n) is 1.51. The number of halogens is 4. The predicted octanol–water partition coefficient (Wildman–Crippen LogP) is 3.22. The molecular formula is C8H14ClF3O. The Labute approximate surface area is 81.2 Å². The van der Waals surface area contributed by atoms with Crippen molar-refractivity contribution in [3.8, 4) is 0 Å². The van der Waals surface area contributed by atoms with Crippen molar-refractivity contribution < 1.29 is 17.9 Å². The second-order valence-corrected chi connectivity index (χ2v) is 3.38. The van der Waals surface area contributed by atoms with Gasteiger partial charge in [0.05, 0.1) is 0 Å². The average Bonchev–Trinajstić information content (AvgIpc) is 2.01. The molecule has 1 unspecified atom stereocenters. The lowest BCUT2D eigenvalue weighted by Crippen LogP contribution is -2.17. The van der Waals surface area contributed by atoms with Gasteiger partial charge in [0.1, 0.15) is 6.61 Å². The Bertz CT molecular complexity index is 127. The summed E-state index contributed by atoms with van der Waals surface area (Å²) < 4.78 is 39.1. The topological polar surface area (TPSA) is 9.23 Å². The largest absolute Gasteiger partial charge is 0.411 e. The van der Waals surface area contributed by atoms with Crippen molar-refractivity contribution in [3.63, 3.8) is 0 Å². The molecule has 0 aliphatic heterocycles. The first-order valence-electron chi connectivity index (χ1n) is 4.16. The lowest BCUT2D eigenvalue weighted by atomic mass is 10.1. The van der Waals surface area contributed by atoms with Gasteiger partial charge >= 0.3 is 6.18 Å². The van der Waals surface area contributed by atoms with Crippen LogP contribution in [0, 0.1) is 5.92 Å². The van der Waals surface area contributed by atoms with Gasteiger partial charge in [0.2, 0.25) is 0 Å². The van der Waals surface area contributed by atoms with E-state index in [1.807, 2.05) is 6.92 Å². The third kappa shape index (κ3) is 9.96. The lowest BCUT2D eigenvalue weighted by molar-refractivity contribution is -0.174. The SMILES string of the molecule is CC(CCl)CCCOCC(F)(F)F. The summed E-state index contributed by atoms with van der Waals surface area (Å²) in [6, 6.07) is 0. The maximum absolute atomic E-state index is 11.6. The monoisotopic (exact) mass is 218 g/mol. The lowest BCUT2D eigenvalue weighted by Gasteiger charge is -2.09. The fraction of sp³-hybridized carbons (Fsp3) is 1.00. The fourth-order valence-corrected chi connectivity index (χ4v) is 0.953. The molecule has 13 heavy (non-hydrogen) atoms. The highest BCUT2D eigenvalue weighted by atomic mass is 35.5. The number of ether oxygens (including phenoxy) is 1. The molecule has 0 aromatic carbocycles. The minimum absolute atomic E-state index is 0.154. The van der Waals surface area contributed by atoms with Crippen LogP contribution in [0.1, 0.15) is 19.8 Å². The van der Waals surface area contributed by atoms with Gasteiger partial charge in [0, 0.05) is 12.5 Å². The molecule has 0 aromatic rings. The van der Waals surface area contributed by atoms with Crippen LogP contribution < -0.4 is 0 Å². The van der Waals surface area contributed by atoms with Gasteiger partial charge in [-0.25, -0.2) is 0 Å². The van der Waals surface area contributed by atoms with E-state index in [1.165, 1.54) is 0 Å². The minimum atomic E-state index is -4.21. The van der Waals surface area contributed by atoms with Crippen LogP contribution in [0.4, 0.5) is 13.2 Å². The number of alkyl halides is 4. The van der Waals surface area contributed by atoms with Crippen molar-refractivity contribution in [3.05, 3.63) is 0 Å². The number of hydrogen-bond donors (Lipinski definition) is 0. The van der Waals surface area contributed by atoms with Crippen molar-refractivity contribution in [2.45, 2.75) is 25.9 Å². The zero-order valence-electron chi connectivity index (χ0n) is 7.53. The molecule has 0 fully saturated rings. The molecule has 0 spiro atoms. The molecule has 0 aliphatic carbocycles. The van der Waals surface area contributed by atoms with Gasteiger partial charge in [-0.15, -0.1) is 11.6 Å². The van der Waals surface area contributed by atoms with E-state index in [-0.39, 0.29) is 6.61 Å². The molecule has 0 amide bonds. The third-order valence-corrected chi connectivity index (χ3v) is 2.04. The Kier molecular flexibility index (Phi) is 6.51. The van der Waals surface area contributed by atoms with E-state index in [4.69, 9.17) is 11.6 Å². The summed E-state index contributed by atoms with van der Waals surface area (Å²) in [5.74, 6) is 0.885. The number of hydrogen-bond acceptors (Lipinski definition) is 1. The summed E-state index contributed by atoms with van der Waals surface area (Å²) in [6.07, 6.45) is -2.77. The first kappa shape index (κ1) is 13.0. The van der Waals surface area contributed by atoms with Crippen molar-refractivity contribution in [2.75, 3.05) is 19.1 Å². The Morgan fingerprint density at radius 2 is 2.00 bits per heavy atom. The molecule has 0 aliphatic rings. The predicted molar refractivity (Wildman–Crippen MR) is 46.0 cm³/mol. The van der Waals surface area contributed by atoms with E-state index in [9.17, 15) is 13.2 Å². The normalized spacial score (nSPS) is 14.5. The Hall–Kier alpha value is 0.0400. The molecule has 0 saturated carbocycles. The van der Waals surface area contributed by atoms with E-state index in [0.717, 1.165) is 6.42 Å². The molecule has 1 nitrogen and oxygen atoms in total. The minimum Gasteiger partial charge on any atom is -0.372 e. The van der Waals surface area contributed by atoms with Crippen LogP contribution in [0.5, 0.6) is 0 Å². The van der Waals surface area contributed by atoms with Gasteiger partial charge in [0.25, 0.3) is 0 Å². The highest BCUT2D eigenvalue weighted by molar-refractivity contribution is 6.18. The van der Waals surface area contributed by atoms with Crippen LogP contribution in [0.3, 0.4) is 0 Å². The van der Waals surface area contributed by atoms with Crippen molar-refractivity contribution in [1.82, 2.24) is 0 Å². The maximum Gasteiger partial charge on any atom is 0.411 e. The van der Waals surface area contributed by atoms with Gasteiger partial charge in [-0.2, -0.15) is 13.2 Å². The quantitative estimate of drug-likeness (QED) is 0.491. The Morgan fingerprint density at radius 1 is 1.38 bits per heavy atom. The van der Waals surface area contributed by atoms with Crippen LogP contribution in [-0.4, -0.2) is 25.3 Å². The second kappa shape index (κ2) is 6.49. The summed E-state index contributed by atoms with van der Waals surface area (Å²) >= 11 is 5.52. The molecule has 0 rings (SSSR count).